The molecular weight excluding hydrogens is 226 g/mol. The number of pyridine rings is 1. The summed E-state index contributed by atoms with van der Waals surface area (Å²) < 4.78 is 0. The molecule has 4 heteroatoms. The van der Waals surface area contributed by atoms with E-state index in [0.29, 0.717) is 29.9 Å². The van der Waals surface area contributed by atoms with Crippen molar-refractivity contribution < 1.29 is 4.79 Å². The van der Waals surface area contributed by atoms with Gasteiger partial charge in [0.1, 0.15) is 5.82 Å². The van der Waals surface area contributed by atoms with E-state index in [9.17, 15) is 4.79 Å². The number of nitrogens with two attached hydrogens (primary N) is 1. The first-order valence-corrected chi connectivity index (χ1v) is 6.42. The van der Waals surface area contributed by atoms with E-state index in [0.717, 1.165) is 0 Å². The van der Waals surface area contributed by atoms with Crippen LogP contribution in [0, 0.1) is 17.8 Å². The van der Waals surface area contributed by atoms with E-state index in [1.54, 1.807) is 18.3 Å². The van der Waals surface area contributed by atoms with Crippen molar-refractivity contribution in [2.24, 2.45) is 17.8 Å². The van der Waals surface area contributed by atoms with Gasteiger partial charge in [0.25, 0.3) is 5.91 Å². The van der Waals surface area contributed by atoms with Gasteiger partial charge in [-0.2, -0.15) is 0 Å². The Kier molecular flexibility index (Phi) is 5.13. The van der Waals surface area contributed by atoms with Crippen molar-refractivity contribution >= 4 is 11.7 Å². The summed E-state index contributed by atoms with van der Waals surface area (Å²) in [5.41, 5.74) is 6.12. The van der Waals surface area contributed by atoms with Crippen LogP contribution in [0.3, 0.4) is 0 Å². The fourth-order valence-corrected chi connectivity index (χ4v) is 2.16. The largest absolute Gasteiger partial charge is 0.383 e. The lowest BCUT2D eigenvalue weighted by Gasteiger charge is -2.25. The van der Waals surface area contributed by atoms with Crippen molar-refractivity contribution in [2.75, 3.05) is 12.3 Å². The van der Waals surface area contributed by atoms with Crippen LogP contribution in [0.15, 0.2) is 18.3 Å². The Morgan fingerprint density at radius 1 is 1.33 bits per heavy atom. The molecule has 0 aliphatic carbocycles. The third-order valence-electron chi connectivity index (χ3n) is 3.29. The lowest BCUT2D eigenvalue weighted by atomic mass is 9.85. The summed E-state index contributed by atoms with van der Waals surface area (Å²) in [7, 11) is 0. The zero-order valence-corrected chi connectivity index (χ0v) is 11.6. The Bertz CT molecular complexity index is 394. The van der Waals surface area contributed by atoms with Crippen LogP contribution in [-0.2, 0) is 0 Å². The van der Waals surface area contributed by atoms with E-state index >= 15 is 0 Å². The molecular formula is C14H23N3O. The summed E-state index contributed by atoms with van der Waals surface area (Å²) in [5.74, 6) is 1.67. The molecule has 0 aliphatic rings. The standard InChI is InChI=1S/C14H23N3O/c1-9(2)12(10(3)4)8-17-14(18)11-6-5-7-16-13(11)15/h5-7,9-10,12H,8H2,1-4H3,(H2,15,16)(H,17,18). The molecule has 1 heterocycles. The zero-order valence-electron chi connectivity index (χ0n) is 11.6. The number of nitrogens with zero attached hydrogens (tertiary/aromatic N) is 1. The third kappa shape index (κ3) is 3.72. The van der Waals surface area contributed by atoms with Crippen LogP contribution in [-0.4, -0.2) is 17.4 Å². The maximum Gasteiger partial charge on any atom is 0.255 e. The number of carbonyl (C=O) groups excluding carboxylic acids is 1. The molecule has 1 amide bonds. The van der Waals surface area contributed by atoms with Gasteiger partial charge in [-0.1, -0.05) is 27.7 Å². The van der Waals surface area contributed by atoms with E-state index in [-0.39, 0.29) is 11.7 Å². The van der Waals surface area contributed by atoms with E-state index < -0.39 is 0 Å². The zero-order chi connectivity index (χ0) is 13.7. The molecule has 0 atom stereocenters. The van der Waals surface area contributed by atoms with Gasteiger partial charge in [0.2, 0.25) is 0 Å². The molecule has 1 rings (SSSR count). The number of rotatable bonds is 5. The lowest BCUT2D eigenvalue weighted by molar-refractivity contribution is 0.0938. The molecule has 0 fully saturated rings. The second-order valence-corrected chi connectivity index (χ2v) is 5.30. The van der Waals surface area contributed by atoms with Crippen LogP contribution >= 0.6 is 0 Å². The summed E-state index contributed by atoms with van der Waals surface area (Å²) in [6.45, 7) is 9.37. The SMILES string of the molecule is CC(C)C(CNC(=O)c1cccnc1N)C(C)C. The maximum absolute atomic E-state index is 12.0. The first kappa shape index (κ1) is 14.5. The average molecular weight is 249 g/mol. The van der Waals surface area contributed by atoms with E-state index in [2.05, 4.69) is 38.0 Å². The Morgan fingerprint density at radius 2 is 1.94 bits per heavy atom. The van der Waals surface area contributed by atoms with Gasteiger partial charge in [0.05, 0.1) is 5.56 Å². The number of nitrogen functional groups attached to an aromatic ring is 1. The molecule has 0 radical (unpaired) electrons. The Labute approximate surface area is 109 Å². The molecule has 100 valence electrons. The number of anilines is 1. The van der Waals surface area contributed by atoms with Gasteiger partial charge in [-0.05, 0) is 29.9 Å². The summed E-state index contributed by atoms with van der Waals surface area (Å²) >= 11 is 0. The van der Waals surface area contributed by atoms with Gasteiger partial charge >= 0.3 is 0 Å². The normalized spacial score (nSPS) is 11.3. The lowest BCUT2D eigenvalue weighted by Crippen LogP contribution is -2.34. The van der Waals surface area contributed by atoms with Crippen LogP contribution in [0.2, 0.25) is 0 Å². The molecule has 0 bridgehead atoms. The molecule has 0 unspecified atom stereocenters. The minimum absolute atomic E-state index is 0.146. The van der Waals surface area contributed by atoms with Crippen LogP contribution < -0.4 is 11.1 Å². The fourth-order valence-electron chi connectivity index (χ4n) is 2.16. The van der Waals surface area contributed by atoms with Gasteiger partial charge in [0.15, 0.2) is 0 Å². The summed E-state index contributed by atoms with van der Waals surface area (Å²) in [4.78, 5) is 15.9. The molecule has 0 saturated carbocycles. The topological polar surface area (TPSA) is 68.0 Å². The first-order chi connectivity index (χ1) is 8.43. The van der Waals surface area contributed by atoms with Crippen molar-refractivity contribution in [3.63, 3.8) is 0 Å². The highest BCUT2D eigenvalue weighted by atomic mass is 16.1. The molecule has 0 saturated heterocycles. The van der Waals surface area contributed by atoms with E-state index in [4.69, 9.17) is 5.73 Å². The smallest absolute Gasteiger partial charge is 0.255 e. The molecule has 0 aliphatic heterocycles. The molecule has 4 nitrogen and oxygen atoms in total. The second-order valence-electron chi connectivity index (χ2n) is 5.30. The molecule has 3 N–H and O–H groups in total. The quantitative estimate of drug-likeness (QED) is 0.841. The molecule has 1 aromatic heterocycles. The number of amides is 1. The van der Waals surface area contributed by atoms with Gasteiger partial charge in [0, 0.05) is 12.7 Å². The molecule has 0 spiro atoms. The third-order valence-corrected chi connectivity index (χ3v) is 3.29. The van der Waals surface area contributed by atoms with Crippen LogP contribution in [0.4, 0.5) is 5.82 Å². The number of carbonyl (C=O) groups is 1. The predicted molar refractivity (Wildman–Crippen MR) is 74.1 cm³/mol. The Morgan fingerprint density at radius 3 is 2.44 bits per heavy atom. The van der Waals surface area contributed by atoms with Crippen molar-refractivity contribution in [3.8, 4) is 0 Å². The van der Waals surface area contributed by atoms with Gasteiger partial charge in [-0.25, -0.2) is 4.98 Å². The maximum atomic E-state index is 12.0. The molecule has 0 aromatic carbocycles. The number of nitrogens with one attached hydrogen (secondary N) is 1. The van der Waals surface area contributed by atoms with E-state index in [1.165, 1.54) is 0 Å². The minimum atomic E-state index is -0.146. The number of hydrogen-bond donors (Lipinski definition) is 2. The monoisotopic (exact) mass is 249 g/mol. The first-order valence-electron chi connectivity index (χ1n) is 6.42. The van der Waals surface area contributed by atoms with Gasteiger partial charge in [-0.3, -0.25) is 4.79 Å². The van der Waals surface area contributed by atoms with Crippen LogP contribution in [0.1, 0.15) is 38.1 Å². The van der Waals surface area contributed by atoms with Gasteiger partial charge < -0.3 is 11.1 Å². The fraction of sp³-hybridized carbons (Fsp3) is 0.571. The summed E-state index contributed by atoms with van der Waals surface area (Å²) in [6.07, 6.45) is 1.58. The second kappa shape index (κ2) is 6.38. The highest BCUT2D eigenvalue weighted by Gasteiger charge is 2.19. The van der Waals surface area contributed by atoms with Crippen molar-refractivity contribution in [1.82, 2.24) is 10.3 Å². The molecule has 1 aromatic rings. The summed E-state index contributed by atoms with van der Waals surface area (Å²) in [5, 5.41) is 2.94. The minimum Gasteiger partial charge on any atom is -0.383 e. The van der Waals surface area contributed by atoms with Crippen molar-refractivity contribution in [2.45, 2.75) is 27.7 Å². The molecule has 18 heavy (non-hydrogen) atoms. The van der Waals surface area contributed by atoms with Crippen molar-refractivity contribution in [1.29, 1.82) is 0 Å². The van der Waals surface area contributed by atoms with Crippen LogP contribution in [0.5, 0.6) is 0 Å². The van der Waals surface area contributed by atoms with Gasteiger partial charge in [-0.15, -0.1) is 0 Å². The Balaban J connectivity index is 2.64. The van der Waals surface area contributed by atoms with E-state index in [1.807, 2.05) is 0 Å². The summed E-state index contributed by atoms with van der Waals surface area (Å²) in [6, 6.07) is 3.41. The van der Waals surface area contributed by atoms with Crippen molar-refractivity contribution in [3.05, 3.63) is 23.9 Å². The predicted octanol–water partition coefficient (Wildman–Crippen LogP) is 2.32. The Hall–Kier alpha value is -1.58. The highest BCUT2D eigenvalue weighted by Crippen LogP contribution is 2.19. The highest BCUT2D eigenvalue weighted by molar-refractivity contribution is 5.98. The number of hydrogen-bond acceptors (Lipinski definition) is 3. The van der Waals surface area contributed by atoms with Crippen LogP contribution in [0.25, 0.3) is 0 Å². The number of aromatic nitrogens is 1. The average Bonchev–Trinajstić information content (AvgIpc) is 2.28.